The molecule has 0 saturated heterocycles. The molecule has 110 valence electrons. The van der Waals surface area contributed by atoms with Crippen LogP contribution in [0.1, 0.15) is 17.3 Å². The summed E-state index contributed by atoms with van der Waals surface area (Å²) < 4.78 is 0. The van der Waals surface area contributed by atoms with Gasteiger partial charge < -0.3 is 10.4 Å². The Morgan fingerprint density at radius 1 is 1.29 bits per heavy atom. The zero-order valence-electron chi connectivity index (χ0n) is 11.1. The predicted octanol–water partition coefficient (Wildman–Crippen LogP) is 3.31. The molecule has 2 rings (SSSR count). The zero-order chi connectivity index (χ0) is 15.6. The minimum Gasteiger partial charge on any atom is -0.479 e. The molecular weight excluding hydrogens is 313 g/mol. The van der Waals surface area contributed by atoms with Crippen molar-refractivity contribution in [2.24, 2.45) is 5.92 Å². The molecule has 0 aliphatic heterocycles. The van der Waals surface area contributed by atoms with Crippen LogP contribution in [0.15, 0.2) is 42.5 Å². The highest BCUT2D eigenvalue weighted by atomic mass is 35.5. The Balaban J connectivity index is 2.34. The number of nitrogens with one attached hydrogen (secondary N) is 1. The lowest BCUT2D eigenvalue weighted by Gasteiger charge is -2.33. The van der Waals surface area contributed by atoms with Crippen LogP contribution in [0, 0.1) is 5.92 Å². The third-order valence-corrected chi connectivity index (χ3v) is 3.99. The number of rotatable bonds is 3. The number of halogens is 2. The Morgan fingerprint density at radius 3 is 2.57 bits per heavy atom. The summed E-state index contributed by atoms with van der Waals surface area (Å²) in [6.45, 7) is 1.72. The van der Waals surface area contributed by atoms with Gasteiger partial charge in [-0.2, -0.15) is 0 Å². The average molecular weight is 326 g/mol. The lowest BCUT2D eigenvalue weighted by atomic mass is 9.81. The van der Waals surface area contributed by atoms with Gasteiger partial charge in [-0.15, -0.1) is 0 Å². The maximum atomic E-state index is 12.3. The summed E-state index contributed by atoms with van der Waals surface area (Å²) in [4.78, 5) is 24.0. The second-order valence-electron chi connectivity index (χ2n) is 4.79. The van der Waals surface area contributed by atoms with E-state index in [0.717, 1.165) is 0 Å². The quantitative estimate of drug-likeness (QED) is 0.895. The fourth-order valence-electron chi connectivity index (χ4n) is 2.15. The molecule has 0 heterocycles. The first-order chi connectivity index (χ1) is 9.86. The Hall–Kier alpha value is -1.78. The minimum atomic E-state index is -1.49. The molecule has 0 fully saturated rings. The van der Waals surface area contributed by atoms with Crippen molar-refractivity contribution >= 4 is 35.1 Å². The van der Waals surface area contributed by atoms with E-state index in [0.29, 0.717) is 5.02 Å². The number of carboxylic acid groups (broad SMARTS) is 1. The van der Waals surface area contributed by atoms with Crippen molar-refractivity contribution in [1.29, 1.82) is 0 Å². The summed E-state index contributed by atoms with van der Waals surface area (Å²) in [5, 5.41) is 12.6. The summed E-state index contributed by atoms with van der Waals surface area (Å²) in [5.41, 5.74) is -1.31. The van der Waals surface area contributed by atoms with E-state index in [1.165, 1.54) is 24.3 Å². The van der Waals surface area contributed by atoms with Crippen LogP contribution in [0.2, 0.25) is 10.0 Å². The van der Waals surface area contributed by atoms with Gasteiger partial charge in [-0.05, 0) is 24.3 Å². The molecular formula is C15H13Cl2NO3. The first-order valence-electron chi connectivity index (χ1n) is 6.24. The van der Waals surface area contributed by atoms with E-state index in [9.17, 15) is 14.7 Å². The third kappa shape index (κ3) is 2.96. The minimum absolute atomic E-state index is 0.170. The Morgan fingerprint density at radius 2 is 2.00 bits per heavy atom. The monoisotopic (exact) mass is 325 g/mol. The second-order valence-corrected chi connectivity index (χ2v) is 5.63. The number of aliphatic carboxylic acids is 1. The maximum absolute atomic E-state index is 12.3. The largest absolute Gasteiger partial charge is 0.479 e. The van der Waals surface area contributed by atoms with Crippen LogP contribution in [0.5, 0.6) is 0 Å². The zero-order valence-corrected chi connectivity index (χ0v) is 12.7. The maximum Gasteiger partial charge on any atom is 0.334 e. The van der Waals surface area contributed by atoms with E-state index in [1.807, 2.05) is 0 Å². The lowest BCUT2D eigenvalue weighted by Crippen LogP contribution is -2.57. The van der Waals surface area contributed by atoms with Gasteiger partial charge in [0, 0.05) is 10.9 Å². The number of allylic oxidation sites excluding steroid dienone is 2. The topological polar surface area (TPSA) is 66.4 Å². The van der Waals surface area contributed by atoms with Crippen LogP contribution in [-0.2, 0) is 4.79 Å². The molecule has 0 saturated carbocycles. The molecule has 4 nitrogen and oxygen atoms in total. The smallest absolute Gasteiger partial charge is 0.334 e. The molecule has 0 bridgehead atoms. The highest BCUT2D eigenvalue weighted by Gasteiger charge is 2.43. The number of benzene rings is 1. The standard InChI is InChI=1S/C15H13Cl2NO3/c1-9-4-2-3-7-15(9,14(20)21)18-13(19)11-6-5-10(16)8-12(11)17/h2-9H,1H3,(H,18,19)(H,20,21). The third-order valence-electron chi connectivity index (χ3n) is 3.44. The van der Waals surface area contributed by atoms with Gasteiger partial charge in [0.05, 0.1) is 10.6 Å². The van der Waals surface area contributed by atoms with Crippen LogP contribution in [0.3, 0.4) is 0 Å². The molecule has 2 N–H and O–H groups in total. The van der Waals surface area contributed by atoms with Gasteiger partial charge in [0.15, 0.2) is 5.54 Å². The van der Waals surface area contributed by atoms with Crippen molar-refractivity contribution in [3.8, 4) is 0 Å². The van der Waals surface area contributed by atoms with Gasteiger partial charge in [-0.25, -0.2) is 4.79 Å². The Kier molecular flexibility index (Phi) is 4.40. The number of amides is 1. The SMILES string of the molecule is CC1C=CC=CC1(NC(=O)c1ccc(Cl)cc1Cl)C(=O)O. The molecule has 2 unspecified atom stereocenters. The van der Waals surface area contributed by atoms with Crippen LogP contribution in [0.25, 0.3) is 0 Å². The highest BCUT2D eigenvalue weighted by Crippen LogP contribution is 2.27. The normalized spacial score (nSPS) is 23.9. The summed E-state index contributed by atoms with van der Waals surface area (Å²) in [6.07, 6.45) is 6.52. The van der Waals surface area contributed by atoms with Crippen molar-refractivity contribution in [3.63, 3.8) is 0 Å². The van der Waals surface area contributed by atoms with Gasteiger partial charge in [-0.1, -0.05) is 48.4 Å². The molecule has 0 radical (unpaired) electrons. The molecule has 1 aliphatic carbocycles. The number of hydrogen-bond acceptors (Lipinski definition) is 2. The Bertz CT molecular complexity index is 654. The molecule has 2 atom stereocenters. The number of carbonyl (C=O) groups is 2. The molecule has 1 aliphatic rings. The van der Waals surface area contributed by atoms with Crippen molar-refractivity contribution in [2.75, 3.05) is 0 Å². The van der Waals surface area contributed by atoms with E-state index in [1.54, 1.807) is 25.2 Å². The first-order valence-corrected chi connectivity index (χ1v) is 6.99. The van der Waals surface area contributed by atoms with Crippen LogP contribution < -0.4 is 5.32 Å². The average Bonchev–Trinajstić information content (AvgIpc) is 2.41. The highest BCUT2D eigenvalue weighted by molar-refractivity contribution is 6.36. The molecule has 6 heteroatoms. The van der Waals surface area contributed by atoms with Crippen LogP contribution in [0.4, 0.5) is 0 Å². The molecule has 0 aromatic heterocycles. The second kappa shape index (κ2) is 5.92. The van der Waals surface area contributed by atoms with Crippen molar-refractivity contribution < 1.29 is 14.7 Å². The van der Waals surface area contributed by atoms with Gasteiger partial charge in [-0.3, -0.25) is 4.79 Å². The lowest BCUT2D eigenvalue weighted by molar-refractivity contribution is -0.143. The molecule has 1 aromatic rings. The van der Waals surface area contributed by atoms with Crippen LogP contribution >= 0.6 is 23.2 Å². The van der Waals surface area contributed by atoms with Gasteiger partial charge >= 0.3 is 5.97 Å². The summed E-state index contributed by atoms with van der Waals surface area (Å²) >= 11 is 11.8. The van der Waals surface area contributed by atoms with Gasteiger partial charge in [0.2, 0.25) is 0 Å². The predicted molar refractivity (Wildman–Crippen MR) is 81.7 cm³/mol. The number of carbonyl (C=O) groups excluding carboxylic acids is 1. The Labute approximate surface area is 132 Å². The summed E-state index contributed by atoms with van der Waals surface area (Å²) in [5.74, 6) is -2.09. The molecule has 1 aromatic carbocycles. The first kappa shape index (κ1) is 15.6. The molecule has 0 spiro atoms. The summed E-state index contributed by atoms with van der Waals surface area (Å²) in [6, 6.07) is 4.42. The van der Waals surface area contributed by atoms with E-state index in [4.69, 9.17) is 23.2 Å². The molecule has 21 heavy (non-hydrogen) atoms. The van der Waals surface area contributed by atoms with Gasteiger partial charge in [0.1, 0.15) is 0 Å². The van der Waals surface area contributed by atoms with E-state index < -0.39 is 23.3 Å². The fraction of sp³-hybridized carbons (Fsp3) is 0.200. The summed E-state index contributed by atoms with van der Waals surface area (Å²) in [7, 11) is 0. The van der Waals surface area contributed by atoms with Crippen LogP contribution in [-0.4, -0.2) is 22.5 Å². The van der Waals surface area contributed by atoms with E-state index in [2.05, 4.69) is 5.32 Å². The number of carboxylic acids is 1. The van der Waals surface area contributed by atoms with E-state index in [-0.39, 0.29) is 10.6 Å². The fourth-order valence-corrected chi connectivity index (χ4v) is 2.64. The van der Waals surface area contributed by atoms with Crippen molar-refractivity contribution in [2.45, 2.75) is 12.5 Å². The van der Waals surface area contributed by atoms with Gasteiger partial charge in [0.25, 0.3) is 5.91 Å². The molecule has 1 amide bonds. The number of hydrogen-bond donors (Lipinski definition) is 2. The van der Waals surface area contributed by atoms with Crippen molar-refractivity contribution in [1.82, 2.24) is 5.32 Å². The van der Waals surface area contributed by atoms with Crippen molar-refractivity contribution in [3.05, 3.63) is 58.1 Å². The van der Waals surface area contributed by atoms with E-state index >= 15 is 0 Å².